The lowest BCUT2D eigenvalue weighted by Gasteiger charge is -2.33. The molecule has 4 nitrogen and oxygen atoms in total. The molecule has 0 aromatic rings. The summed E-state index contributed by atoms with van der Waals surface area (Å²) in [5.74, 6) is 0. The van der Waals surface area contributed by atoms with Crippen LogP contribution >= 0.6 is 12.2 Å². The van der Waals surface area contributed by atoms with Crippen LogP contribution in [-0.2, 0) is 4.74 Å². The first-order valence-corrected chi connectivity index (χ1v) is 4.38. The maximum absolute atomic E-state index is 8.85. The Labute approximate surface area is 77.5 Å². The van der Waals surface area contributed by atoms with E-state index >= 15 is 0 Å². The van der Waals surface area contributed by atoms with Crippen LogP contribution in [0, 0.1) is 0 Å². The highest BCUT2D eigenvalue weighted by molar-refractivity contribution is 7.80. The number of aliphatic hydroxyl groups is 1. The van der Waals surface area contributed by atoms with Crippen LogP contribution in [0.15, 0.2) is 0 Å². The Morgan fingerprint density at radius 1 is 1.83 bits per heavy atom. The summed E-state index contributed by atoms with van der Waals surface area (Å²) in [4.78, 5) is 2.00. The van der Waals surface area contributed by atoms with E-state index in [2.05, 4.69) is 5.32 Å². The summed E-state index contributed by atoms with van der Waals surface area (Å²) in [6, 6.07) is 0. The number of morpholine rings is 1. The average Bonchev–Trinajstić information content (AvgIpc) is 2.17. The fraction of sp³-hybridized carbons (Fsp3) is 0.857. The second-order valence-electron chi connectivity index (χ2n) is 2.68. The van der Waals surface area contributed by atoms with Gasteiger partial charge in [0.2, 0.25) is 0 Å². The Kier molecular flexibility index (Phi) is 3.71. The lowest BCUT2D eigenvalue weighted by atomic mass is 10.3. The first-order valence-electron chi connectivity index (χ1n) is 3.97. The normalized spacial score (nSPS) is 23.8. The van der Waals surface area contributed by atoms with E-state index in [0.717, 1.165) is 11.7 Å². The standard InChI is InChI=1S/C7H14N2O2S/c1-8-7(12)9-2-3-11-6(4-9)5-10/h6,10H,2-5H2,1H3,(H,8,12). The molecule has 0 amide bonds. The van der Waals surface area contributed by atoms with Crippen molar-refractivity contribution in [1.82, 2.24) is 10.2 Å². The Morgan fingerprint density at radius 3 is 3.17 bits per heavy atom. The van der Waals surface area contributed by atoms with E-state index in [1.165, 1.54) is 0 Å². The molecular weight excluding hydrogens is 176 g/mol. The van der Waals surface area contributed by atoms with E-state index in [1.54, 1.807) is 7.05 Å². The predicted octanol–water partition coefficient (Wildman–Crippen LogP) is -0.816. The molecule has 0 radical (unpaired) electrons. The number of nitrogens with one attached hydrogen (secondary N) is 1. The highest BCUT2D eigenvalue weighted by Gasteiger charge is 2.20. The van der Waals surface area contributed by atoms with Gasteiger partial charge in [-0.2, -0.15) is 0 Å². The van der Waals surface area contributed by atoms with Gasteiger partial charge < -0.3 is 20.1 Å². The van der Waals surface area contributed by atoms with E-state index in [0.29, 0.717) is 13.2 Å². The van der Waals surface area contributed by atoms with Crippen LogP contribution in [0.25, 0.3) is 0 Å². The van der Waals surface area contributed by atoms with Gasteiger partial charge in [-0.05, 0) is 12.2 Å². The highest BCUT2D eigenvalue weighted by Crippen LogP contribution is 2.04. The second-order valence-corrected chi connectivity index (χ2v) is 3.06. The van der Waals surface area contributed by atoms with Gasteiger partial charge in [0.05, 0.1) is 19.3 Å². The Bertz CT molecular complexity index is 165. The van der Waals surface area contributed by atoms with Crippen molar-refractivity contribution >= 4 is 17.3 Å². The van der Waals surface area contributed by atoms with Crippen molar-refractivity contribution in [3.8, 4) is 0 Å². The van der Waals surface area contributed by atoms with Crippen LogP contribution in [-0.4, -0.2) is 54.6 Å². The number of ether oxygens (including phenoxy) is 1. The number of aliphatic hydroxyl groups excluding tert-OH is 1. The second kappa shape index (κ2) is 4.59. The minimum atomic E-state index is -0.0925. The number of rotatable bonds is 1. The molecule has 1 saturated heterocycles. The average molecular weight is 190 g/mol. The zero-order valence-electron chi connectivity index (χ0n) is 7.12. The Hall–Kier alpha value is -0.390. The van der Waals surface area contributed by atoms with Crippen LogP contribution in [0.4, 0.5) is 0 Å². The number of hydrogen-bond donors (Lipinski definition) is 2. The summed E-state index contributed by atoms with van der Waals surface area (Å²) in [6.07, 6.45) is -0.0925. The van der Waals surface area contributed by atoms with Gasteiger partial charge in [-0.15, -0.1) is 0 Å². The summed E-state index contributed by atoms with van der Waals surface area (Å²) in [5.41, 5.74) is 0. The first-order chi connectivity index (χ1) is 5.77. The van der Waals surface area contributed by atoms with Gasteiger partial charge in [0.15, 0.2) is 5.11 Å². The van der Waals surface area contributed by atoms with Gasteiger partial charge in [0.25, 0.3) is 0 Å². The molecule has 0 saturated carbocycles. The fourth-order valence-electron chi connectivity index (χ4n) is 1.17. The van der Waals surface area contributed by atoms with Crippen LogP contribution in [0.2, 0.25) is 0 Å². The van der Waals surface area contributed by atoms with Crippen molar-refractivity contribution in [3.05, 3.63) is 0 Å². The zero-order valence-corrected chi connectivity index (χ0v) is 7.93. The van der Waals surface area contributed by atoms with Crippen molar-refractivity contribution < 1.29 is 9.84 Å². The van der Waals surface area contributed by atoms with Crippen LogP contribution in [0.3, 0.4) is 0 Å². The fourth-order valence-corrected chi connectivity index (χ4v) is 1.34. The van der Waals surface area contributed by atoms with Crippen LogP contribution in [0.1, 0.15) is 0 Å². The van der Waals surface area contributed by atoms with E-state index in [9.17, 15) is 0 Å². The maximum Gasteiger partial charge on any atom is 0.168 e. The lowest BCUT2D eigenvalue weighted by molar-refractivity contribution is -0.0341. The molecule has 1 aliphatic rings. The molecule has 70 valence electrons. The van der Waals surface area contributed by atoms with Gasteiger partial charge in [-0.3, -0.25) is 0 Å². The first kappa shape index (κ1) is 9.70. The van der Waals surface area contributed by atoms with Crippen LogP contribution in [0.5, 0.6) is 0 Å². The molecule has 1 aliphatic heterocycles. The van der Waals surface area contributed by atoms with Crippen molar-refractivity contribution in [3.63, 3.8) is 0 Å². The third kappa shape index (κ3) is 2.30. The van der Waals surface area contributed by atoms with Gasteiger partial charge >= 0.3 is 0 Å². The molecule has 0 aliphatic carbocycles. The summed E-state index contributed by atoms with van der Waals surface area (Å²) in [6.45, 7) is 2.17. The molecule has 1 heterocycles. The number of hydrogen-bond acceptors (Lipinski definition) is 3. The number of thiocarbonyl (C=S) groups is 1. The van der Waals surface area contributed by atoms with E-state index in [4.69, 9.17) is 22.1 Å². The predicted molar refractivity (Wildman–Crippen MR) is 50.1 cm³/mol. The molecule has 0 bridgehead atoms. The molecular formula is C7H14N2O2S. The van der Waals surface area contributed by atoms with Crippen molar-refractivity contribution in [1.29, 1.82) is 0 Å². The van der Waals surface area contributed by atoms with Gasteiger partial charge in [-0.1, -0.05) is 0 Å². The SMILES string of the molecule is CNC(=S)N1CCOC(CO)C1. The summed E-state index contributed by atoms with van der Waals surface area (Å²) in [5, 5.41) is 12.5. The van der Waals surface area contributed by atoms with Crippen LogP contribution < -0.4 is 5.32 Å². The smallest absolute Gasteiger partial charge is 0.168 e. The lowest BCUT2D eigenvalue weighted by Crippen LogP contribution is -2.49. The third-order valence-electron chi connectivity index (χ3n) is 1.84. The molecule has 2 N–H and O–H groups in total. The van der Waals surface area contributed by atoms with Gasteiger partial charge in [0, 0.05) is 20.1 Å². The summed E-state index contributed by atoms with van der Waals surface area (Å²) < 4.78 is 5.27. The van der Waals surface area contributed by atoms with Gasteiger partial charge in [0.1, 0.15) is 0 Å². The molecule has 0 aromatic carbocycles. The van der Waals surface area contributed by atoms with Crippen molar-refractivity contribution in [2.45, 2.75) is 6.10 Å². The quantitative estimate of drug-likeness (QED) is 0.529. The van der Waals surface area contributed by atoms with E-state index in [-0.39, 0.29) is 12.7 Å². The number of nitrogens with zero attached hydrogens (tertiary/aromatic N) is 1. The minimum absolute atomic E-state index is 0.0584. The Balaban J connectivity index is 2.40. The molecule has 1 fully saturated rings. The minimum Gasteiger partial charge on any atom is -0.394 e. The molecule has 1 atom stereocenters. The third-order valence-corrected chi connectivity index (χ3v) is 2.31. The molecule has 0 spiro atoms. The Morgan fingerprint density at radius 2 is 2.58 bits per heavy atom. The highest BCUT2D eigenvalue weighted by atomic mass is 32.1. The molecule has 12 heavy (non-hydrogen) atoms. The van der Waals surface area contributed by atoms with Crippen molar-refractivity contribution in [2.24, 2.45) is 0 Å². The zero-order chi connectivity index (χ0) is 8.97. The molecule has 1 unspecified atom stereocenters. The maximum atomic E-state index is 8.85. The topological polar surface area (TPSA) is 44.7 Å². The molecule has 1 rings (SSSR count). The monoisotopic (exact) mass is 190 g/mol. The largest absolute Gasteiger partial charge is 0.394 e. The summed E-state index contributed by atoms with van der Waals surface area (Å²) >= 11 is 5.05. The van der Waals surface area contributed by atoms with Crippen molar-refractivity contribution in [2.75, 3.05) is 33.4 Å². The summed E-state index contributed by atoms with van der Waals surface area (Å²) in [7, 11) is 1.80. The molecule has 5 heteroatoms. The van der Waals surface area contributed by atoms with E-state index < -0.39 is 0 Å². The molecule has 0 aromatic heterocycles. The van der Waals surface area contributed by atoms with Gasteiger partial charge in [-0.25, -0.2) is 0 Å². The van der Waals surface area contributed by atoms with E-state index in [1.807, 2.05) is 4.90 Å².